The number of fused-ring (bicyclic) bond motifs is 2. The van der Waals surface area contributed by atoms with Crippen molar-refractivity contribution in [1.82, 2.24) is 0 Å². The summed E-state index contributed by atoms with van der Waals surface area (Å²) in [6.07, 6.45) is -0.0405. The van der Waals surface area contributed by atoms with Crippen molar-refractivity contribution in [3.8, 4) is 5.75 Å². The largest absolute Gasteiger partial charge is 0.496 e. The Balaban J connectivity index is 2.20. The van der Waals surface area contributed by atoms with E-state index in [1.54, 1.807) is 37.3 Å². The molecule has 5 heteroatoms. The van der Waals surface area contributed by atoms with Crippen LogP contribution in [0.4, 0.5) is 0 Å². The summed E-state index contributed by atoms with van der Waals surface area (Å²) in [6, 6.07) is 8.32. The lowest BCUT2D eigenvalue weighted by Crippen LogP contribution is -2.25. The highest BCUT2D eigenvalue weighted by Crippen LogP contribution is 2.35. The predicted molar refractivity (Wildman–Crippen MR) is 91.4 cm³/mol. The number of esters is 1. The molecule has 0 heterocycles. The molecular formula is C20H18O5. The third-order valence-electron chi connectivity index (χ3n) is 4.36. The molecule has 0 saturated heterocycles. The van der Waals surface area contributed by atoms with E-state index in [1.165, 1.54) is 7.11 Å². The summed E-state index contributed by atoms with van der Waals surface area (Å²) in [5.41, 5.74) is 2.48. The minimum atomic E-state index is -0.421. The zero-order chi connectivity index (χ0) is 18.1. The van der Waals surface area contributed by atoms with Crippen LogP contribution < -0.4 is 4.74 Å². The van der Waals surface area contributed by atoms with Crippen LogP contribution in [0.25, 0.3) is 0 Å². The number of hydrogen-bond donors (Lipinski definition) is 0. The predicted octanol–water partition coefficient (Wildman–Crippen LogP) is 2.88. The van der Waals surface area contributed by atoms with Crippen LogP contribution in [0.15, 0.2) is 30.3 Å². The van der Waals surface area contributed by atoms with Gasteiger partial charge in [-0.2, -0.15) is 0 Å². The molecule has 0 saturated carbocycles. The number of carbonyl (C=O) groups excluding carboxylic acids is 3. The summed E-state index contributed by atoms with van der Waals surface area (Å²) in [7, 11) is 1.46. The van der Waals surface area contributed by atoms with Crippen molar-refractivity contribution >= 4 is 17.5 Å². The molecule has 0 aromatic heterocycles. The van der Waals surface area contributed by atoms with E-state index in [4.69, 9.17) is 9.47 Å². The van der Waals surface area contributed by atoms with E-state index in [9.17, 15) is 14.4 Å². The van der Waals surface area contributed by atoms with Gasteiger partial charge in [-0.05, 0) is 31.0 Å². The zero-order valence-corrected chi connectivity index (χ0v) is 14.3. The van der Waals surface area contributed by atoms with E-state index in [-0.39, 0.29) is 30.2 Å². The van der Waals surface area contributed by atoms with Crippen LogP contribution >= 0.6 is 0 Å². The number of benzene rings is 2. The van der Waals surface area contributed by atoms with Crippen LogP contribution in [0.5, 0.6) is 5.75 Å². The first-order chi connectivity index (χ1) is 12.0. The van der Waals surface area contributed by atoms with Crippen LogP contribution in [0.1, 0.15) is 49.9 Å². The molecule has 1 aliphatic carbocycles. The summed E-state index contributed by atoms with van der Waals surface area (Å²) in [4.78, 5) is 38.0. The first-order valence-corrected chi connectivity index (χ1v) is 8.04. The second kappa shape index (κ2) is 6.51. The van der Waals surface area contributed by atoms with Crippen molar-refractivity contribution in [2.24, 2.45) is 0 Å². The maximum atomic E-state index is 13.1. The fourth-order valence-corrected chi connectivity index (χ4v) is 3.18. The number of methoxy groups -OCH3 is 1. The van der Waals surface area contributed by atoms with E-state index in [0.29, 0.717) is 28.0 Å². The normalized spacial score (nSPS) is 12.4. The molecule has 0 bridgehead atoms. The summed E-state index contributed by atoms with van der Waals surface area (Å²) in [5.74, 6) is -0.594. The molecule has 0 radical (unpaired) electrons. The van der Waals surface area contributed by atoms with Crippen LogP contribution in [0.3, 0.4) is 0 Å². The fraction of sp³-hybridized carbons (Fsp3) is 0.250. The minimum Gasteiger partial charge on any atom is -0.496 e. The van der Waals surface area contributed by atoms with Crippen molar-refractivity contribution in [1.29, 1.82) is 0 Å². The number of aryl methyl sites for hydroxylation is 1. The van der Waals surface area contributed by atoms with Crippen molar-refractivity contribution in [2.45, 2.75) is 20.3 Å². The molecular weight excluding hydrogens is 320 g/mol. The molecule has 25 heavy (non-hydrogen) atoms. The van der Waals surface area contributed by atoms with Crippen molar-refractivity contribution in [3.63, 3.8) is 0 Å². The van der Waals surface area contributed by atoms with E-state index < -0.39 is 5.97 Å². The van der Waals surface area contributed by atoms with Gasteiger partial charge >= 0.3 is 5.97 Å². The van der Waals surface area contributed by atoms with Crippen LogP contribution in [0.2, 0.25) is 0 Å². The molecule has 0 N–H and O–H groups in total. The number of hydrogen-bond acceptors (Lipinski definition) is 5. The maximum Gasteiger partial charge on any atom is 0.310 e. The van der Waals surface area contributed by atoms with E-state index in [0.717, 1.165) is 5.56 Å². The Morgan fingerprint density at radius 2 is 1.68 bits per heavy atom. The average molecular weight is 338 g/mol. The Morgan fingerprint density at radius 1 is 1.00 bits per heavy atom. The quantitative estimate of drug-likeness (QED) is 0.684. The number of ketones is 2. The van der Waals surface area contributed by atoms with Crippen LogP contribution in [-0.2, 0) is 16.0 Å². The van der Waals surface area contributed by atoms with Crippen molar-refractivity contribution < 1.29 is 23.9 Å². The molecule has 0 fully saturated rings. The smallest absolute Gasteiger partial charge is 0.310 e. The van der Waals surface area contributed by atoms with Gasteiger partial charge in [-0.1, -0.05) is 24.3 Å². The highest BCUT2D eigenvalue weighted by molar-refractivity contribution is 6.30. The molecule has 0 amide bonds. The molecule has 0 spiro atoms. The lowest BCUT2D eigenvalue weighted by molar-refractivity contribution is -0.142. The second-order valence-corrected chi connectivity index (χ2v) is 5.81. The molecule has 128 valence electrons. The summed E-state index contributed by atoms with van der Waals surface area (Å²) < 4.78 is 10.3. The van der Waals surface area contributed by atoms with Gasteiger partial charge in [-0.25, -0.2) is 0 Å². The van der Waals surface area contributed by atoms with Gasteiger partial charge in [0.25, 0.3) is 0 Å². The zero-order valence-electron chi connectivity index (χ0n) is 14.3. The Morgan fingerprint density at radius 3 is 2.36 bits per heavy atom. The van der Waals surface area contributed by atoms with Gasteiger partial charge in [-0.15, -0.1) is 0 Å². The maximum absolute atomic E-state index is 13.1. The molecule has 1 aliphatic rings. The average Bonchev–Trinajstić information content (AvgIpc) is 2.60. The first kappa shape index (κ1) is 16.9. The Bertz CT molecular complexity index is 895. The fourth-order valence-electron chi connectivity index (χ4n) is 3.18. The van der Waals surface area contributed by atoms with Gasteiger partial charge in [0.05, 0.1) is 25.7 Å². The Labute approximate surface area is 145 Å². The third kappa shape index (κ3) is 2.71. The highest BCUT2D eigenvalue weighted by atomic mass is 16.5. The monoisotopic (exact) mass is 338 g/mol. The lowest BCUT2D eigenvalue weighted by Gasteiger charge is -2.22. The van der Waals surface area contributed by atoms with Crippen LogP contribution in [-0.4, -0.2) is 31.3 Å². The van der Waals surface area contributed by atoms with Gasteiger partial charge in [0.2, 0.25) is 0 Å². The van der Waals surface area contributed by atoms with Gasteiger partial charge in [0, 0.05) is 16.7 Å². The molecule has 0 unspecified atom stereocenters. The van der Waals surface area contributed by atoms with E-state index in [2.05, 4.69) is 0 Å². The molecule has 0 aliphatic heterocycles. The molecule has 5 nitrogen and oxygen atoms in total. The van der Waals surface area contributed by atoms with Crippen LogP contribution in [0, 0.1) is 6.92 Å². The van der Waals surface area contributed by atoms with Crippen molar-refractivity contribution in [3.05, 3.63) is 63.7 Å². The molecule has 3 rings (SSSR count). The highest BCUT2D eigenvalue weighted by Gasteiger charge is 2.34. The summed E-state index contributed by atoms with van der Waals surface area (Å²) in [6.45, 7) is 3.80. The van der Waals surface area contributed by atoms with E-state index in [1.807, 2.05) is 6.92 Å². The standard InChI is InChI=1S/C20H18O5/c1-4-25-16(21)10-14-11(2)8-9-13-17(14)19(22)12-6-5-7-15(24-3)18(12)20(13)23/h5-9H,4,10H2,1-3H3. The molecule has 0 atom stereocenters. The van der Waals surface area contributed by atoms with Gasteiger partial charge in [0.15, 0.2) is 11.6 Å². The van der Waals surface area contributed by atoms with Gasteiger partial charge < -0.3 is 9.47 Å². The van der Waals surface area contributed by atoms with Gasteiger partial charge in [-0.3, -0.25) is 14.4 Å². The molecule has 2 aromatic carbocycles. The minimum absolute atomic E-state index is 0.0405. The SMILES string of the molecule is CCOC(=O)Cc1c(C)ccc2c1C(=O)c1cccc(OC)c1C2=O. The third-order valence-corrected chi connectivity index (χ3v) is 4.36. The Hall–Kier alpha value is -2.95. The lowest BCUT2D eigenvalue weighted by atomic mass is 9.79. The Kier molecular flexibility index (Phi) is 4.40. The molecule has 2 aromatic rings. The van der Waals surface area contributed by atoms with E-state index >= 15 is 0 Å². The van der Waals surface area contributed by atoms with Crippen molar-refractivity contribution in [2.75, 3.05) is 13.7 Å². The number of ether oxygens (including phenoxy) is 2. The topological polar surface area (TPSA) is 69.7 Å². The number of rotatable bonds is 4. The summed E-state index contributed by atoms with van der Waals surface area (Å²) >= 11 is 0. The second-order valence-electron chi connectivity index (χ2n) is 5.81. The first-order valence-electron chi connectivity index (χ1n) is 8.04. The van der Waals surface area contributed by atoms with Gasteiger partial charge in [0.1, 0.15) is 5.75 Å². The summed E-state index contributed by atoms with van der Waals surface area (Å²) in [5, 5.41) is 0. The number of carbonyl (C=O) groups is 3.